The second-order valence-corrected chi connectivity index (χ2v) is 9.34. The average Bonchev–Trinajstić information content (AvgIpc) is 2.85. The predicted molar refractivity (Wildman–Crippen MR) is 145 cm³/mol. The number of carbonyl (C=O) groups is 1. The van der Waals surface area contributed by atoms with E-state index in [1.807, 2.05) is 56.2 Å². The van der Waals surface area contributed by atoms with E-state index in [1.165, 1.54) is 0 Å². The second-order valence-electron chi connectivity index (χ2n) is 9.34. The molecule has 0 bridgehead atoms. The first-order valence-electron chi connectivity index (χ1n) is 12.0. The number of ether oxygens (including phenoxy) is 3. The van der Waals surface area contributed by atoms with E-state index in [1.54, 1.807) is 21.3 Å². The summed E-state index contributed by atoms with van der Waals surface area (Å²) in [5.74, 6) is 2.45. The number of aryl methyl sites for hydroxylation is 1. The molecule has 0 aliphatic heterocycles. The Morgan fingerprint density at radius 2 is 1.58 bits per heavy atom. The summed E-state index contributed by atoms with van der Waals surface area (Å²) in [5.41, 5.74) is 3.91. The number of aromatic nitrogens is 1. The molecule has 0 aliphatic rings. The van der Waals surface area contributed by atoms with Gasteiger partial charge in [0.1, 0.15) is 5.82 Å². The Bertz CT molecular complexity index is 1180. The largest absolute Gasteiger partial charge is 0.493 e. The molecule has 0 atom stereocenters. The Morgan fingerprint density at radius 3 is 2.14 bits per heavy atom. The topological polar surface area (TPSA) is 67.4 Å². The molecule has 8 heteroatoms. The standard InChI is InChI=1S/C28H38N4O4/c1-19-10-9-11-21-17-22(28(31(4)5)29-26(19)21)18-32(13-12-30(2)3)25(33)16-20-14-23(34-6)27(36-8)24(15-20)35-7/h9-11,14-15,17H,12-13,16,18H2,1-8H3. The van der Waals surface area contributed by atoms with Crippen LogP contribution in [0.3, 0.4) is 0 Å². The number of carbonyl (C=O) groups excluding carboxylic acids is 1. The third-order valence-electron chi connectivity index (χ3n) is 6.14. The van der Waals surface area contributed by atoms with E-state index in [2.05, 4.69) is 30.0 Å². The van der Waals surface area contributed by atoms with Crippen LogP contribution in [0.25, 0.3) is 10.9 Å². The number of likely N-dealkylation sites (N-methyl/N-ethyl adjacent to an activating group) is 1. The van der Waals surface area contributed by atoms with Gasteiger partial charge in [-0.2, -0.15) is 0 Å². The van der Waals surface area contributed by atoms with Gasteiger partial charge in [-0.3, -0.25) is 4.79 Å². The van der Waals surface area contributed by atoms with Crippen LogP contribution in [0.5, 0.6) is 17.2 Å². The first kappa shape index (κ1) is 27.1. The molecule has 0 fully saturated rings. The molecule has 2 aromatic carbocycles. The number of fused-ring (bicyclic) bond motifs is 1. The normalized spacial score (nSPS) is 11.0. The van der Waals surface area contributed by atoms with E-state index in [9.17, 15) is 4.79 Å². The van der Waals surface area contributed by atoms with E-state index in [4.69, 9.17) is 19.2 Å². The number of pyridine rings is 1. The minimum absolute atomic E-state index is 0.0140. The van der Waals surface area contributed by atoms with Gasteiger partial charge in [0.2, 0.25) is 11.7 Å². The van der Waals surface area contributed by atoms with Gasteiger partial charge in [-0.05, 0) is 50.3 Å². The Labute approximate surface area is 214 Å². The van der Waals surface area contributed by atoms with Crippen molar-refractivity contribution in [3.8, 4) is 17.2 Å². The molecule has 0 spiro atoms. The second kappa shape index (κ2) is 11.9. The molecule has 0 saturated carbocycles. The van der Waals surface area contributed by atoms with Crippen molar-refractivity contribution in [3.63, 3.8) is 0 Å². The summed E-state index contributed by atoms with van der Waals surface area (Å²) in [5, 5.41) is 1.07. The molecular weight excluding hydrogens is 456 g/mol. The molecule has 3 aromatic rings. The van der Waals surface area contributed by atoms with E-state index < -0.39 is 0 Å². The van der Waals surface area contributed by atoms with E-state index >= 15 is 0 Å². The van der Waals surface area contributed by atoms with Gasteiger partial charge >= 0.3 is 0 Å². The molecule has 3 rings (SSSR count). The fourth-order valence-electron chi connectivity index (χ4n) is 4.23. The number of benzene rings is 2. The maximum absolute atomic E-state index is 13.6. The van der Waals surface area contributed by atoms with Gasteiger partial charge in [-0.1, -0.05) is 18.2 Å². The Hall–Kier alpha value is -3.52. The van der Waals surface area contributed by atoms with Gasteiger partial charge < -0.3 is 28.9 Å². The van der Waals surface area contributed by atoms with Gasteiger partial charge in [0, 0.05) is 44.7 Å². The fraction of sp³-hybridized carbons (Fsp3) is 0.429. The van der Waals surface area contributed by atoms with Crippen molar-refractivity contribution in [1.29, 1.82) is 0 Å². The van der Waals surface area contributed by atoms with Crippen molar-refractivity contribution in [3.05, 3.63) is 53.1 Å². The smallest absolute Gasteiger partial charge is 0.227 e. The zero-order valence-electron chi connectivity index (χ0n) is 22.7. The highest BCUT2D eigenvalue weighted by atomic mass is 16.5. The zero-order chi connectivity index (χ0) is 26.4. The first-order valence-corrected chi connectivity index (χ1v) is 12.0. The number of methoxy groups -OCH3 is 3. The summed E-state index contributed by atoms with van der Waals surface area (Å²) in [6.45, 7) is 3.87. The molecule has 36 heavy (non-hydrogen) atoms. The minimum atomic E-state index is 0.0140. The van der Waals surface area contributed by atoms with Crippen LogP contribution in [0.2, 0.25) is 0 Å². The quantitative estimate of drug-likeness (QED) is 0.402. The molecule has 8 nitrogen and oxygen atoms in total. The molecule has 0 aliphatic carbocycles. The molecule has 1 aromatic heterocycles. The minimum Gasteiger partial charge on any atom is -0.493 e. The summed E-state index contributed by atoms with van der Waals surface area (Å²) in [4.78, 5) is 24.6. The number of rotatable bonds is 11. The summed E-state index contributed by atoms with van der Waals surface area (Å²) in [7, 11) is 12.7. The Balaban J connectivity index is 1.96. The number of amides is 1. The lowest BCUT2D eigenvalue weighted by Gasteiger charge is -2.27. The van der Waals surface area contributed by atoms with Crippen LogP contribution in [0, 0.1) is 6.92 Å². The van der Waals surface area contributed by atoms with Crippen molar-refractivity contribution < 1.29 is 19.0 Å². The van der Waals surface area contributed by atoms with Crippen molar-refractivity contribution in [2.45, 2.75) is 19.9 Å². The van der Waals surface area contributed by atoms with Crippen LogP contribution in [-0.4, -0.2) is 83.3 Å². The molecule has 0 N–H and O–H groups in total. The van der Waals surface area contributed by atoms with Gasteiger partial charge in [0.25, 0.3) is 0 Å². The fourth-order valence-corrected chi connectivity index (χ4v) is 4.23. The van der Waals surface area contributed by atoms with Crippen molar-refractivity contribution in [1.82, 2.24) is 14.8 Å². The molecule has 194 valence electrons. The third kappa shape index (κ3) is 6.18. The predicted octanol–water partition coefficient (Wildman–Crippen LogP) is 3.77. The number of anilines is 1. The summed E-state index contributed by atoms with van der Waals surface area (Å²) < 4.78 is 16.4. The van der Waals surface area contributed by atoms with Crippen LogP contribution in [0.15, 0.2) is 36.4 Å². The van der Waals surface area contributed by atoms with Crippen LogP contribution in [-0.2, 0) is 17.8 Å². The van der Waals surface area contributed by atoms with Crippen molar-refractivity contribution >= 4 is 22.6 Å². The zero-order valence-corrected chi connectivity index (χ0v) is 22.7. The number of hydrogen-bond donors (Lipinski definition) is 0. The SMILES string of the molecule is COc1cc(CC(=O)N(CCN(C)C)Cc2cc3cccc(C)c3nc2N(C)C)cc(OC)c1OC. The van der Waals surface area contributed by atoms with Gasteiger partial charge in [-0.25, -0.2) is 4.98 Å². The van der Waals surface area contributed by atoms with E-state index in [0.717, 1.165) is 40.0 Å². The number of nitrogens with zero attached hydrogens (tertiary/aromatic N) is 4. The van der Waals surface area contributed by atoms with Crippen LogP contribution in [0.1, 0.15) is 16.7 Å². The molecule has 0 saturated heterocycles. The highest BCUT2D eigenvalue weighted by Crippen LogP contribution is 2.38. The molecule has 1 heterocycles. The molecule has 0 unspecified atom stereocenters. The lowest BCUT2D eigenvalue weighted by atomic mass is 10.1. The van der Waals surface area contributed by atoms with Crippen LogP contribution >= 0.6 is 0 Å². The summed E-state index contributed by atoms with van der Waals surface area (Å²) >= 11 is 0. The Morgan fingerprint density at radius 1 is 0.917 bits per heavy atom. The van der Waals surface area contributed by atoms with Gasteiger partial charge in [0.05, 0.1) is 33.3 Å². The van der Waals surface area contributed by atoms with E-state index in [-0.39, 0.29) is 12.3 Å². The number of hydrogen-bond acceptors (Lipinski definition) is 7. The van der Waals surface area contributed by atoms with Crippen LogP contribution < -0.4 is 19.1 Å². The lowest BCUT2D eigenvalue weighted by molar-refractivity contribution is -0.131. The molecule has 0 radical (unpaired) electrons. The highest BCUT2D eigenvalue weighted by Gasteiger charge is 2.21. The molecular formula is C28H38N4O4. The first-order chi connectivity index (χ1) is 17.2. The van der Waals surface area contributed by atoms with Gasteiger partial charge in [-0.15, -0.1) is 0 Å². The van der Waals surface area contributed by atoms with Crippen molar-refractivity contribution in [2.24, 2.45) is 0 Å². The van der Waals surface area contributed by atoms with Crippen molar-refractivity contribution in [2.75, 3.05) is 67.5 Å². The Kier molecular flexibility index (Phi) is 8.98. The van der Waals surface area contributed by atoms with Gasteiger partial charge in [0.15, 0.2) is 11.5 Å². The summed E-state index contributed by atoms with van der Waals surface area (Å²) in [6.07, 6.45) is 0.210. The lowest BCUT2D eigenvalue weighted by Crippen LogP contribution is -2.37. The maximum Gasteiger partial charge on any atom is 0.227 e. The average molecular weight is 495 g/mol. The monoisotopic (exact) mass is 494 g/mol. The van der Waals surface area contributed by atoms with E-state index in [0.29, 0.717) is 30.3 Å². The summed E-state index contributed by atoms with van der Waals surface area (Å²) in [6, 6.07) is 12.0. The molecule has 1 amide bonds. The maximum atomic E-state index is 13.6. The number of para-hydroxylation sites is 1. The third-order valence-corrected chi connectivity index (χ3v) is 6.14. The highest BCUT2D eigenvalue weighted by molar-refractivity contribution is 5.85. The van der Waals surface area contributed by atoms with Crippen LogP contribution in [0.4, 0.5) is 5.82 Å².